The Morgan fingerprint density at radius 2 is 1.68 bits per heavy atom. The van der Waals surface area contributed by atoms with Crippen molar-refractivity contribution in [2.75, 3.05) is 11.9 Å². The quantitative estimate of drug-likeness (QED) is 0.710. The van der Waals surface area contributed by atoms with E-state index in [4.69, 9.17) is 4.42 Å². The van der Waals surface area contributed by atoms with Gasteiger partial charge in [0.2, 0.25) is 5.91 Å². The number of rotatable bonds is 6. The summed E-state index contributed by atoms with van der Waals surface area (Å²) in [5, 5.41) is 6.29. The Hall–Kier alpha value is -2.85. The molecule has 4 heteroatoms. The van der Waals surface area contributed by atoms with Gasteiger partial charge in [-0.25, -0.2) is 0 Å². The van der Waals surface area contributed by atoms with E-state index in [9.17, 15) is 4.79 Å². The Morgan fingerprint density at radius 1 is 0.960 bits per heavy atom. The van der Waals surface area contributed by atoms with Crippen molar-refractivity contribution in [1.29, 1.82) is 0 Å². The Labute approximate surface area is 147 Å². The van der Waals surface area contributed by atoms with Gasteiger partial charge in [0.1, 0.15) is 5.76 Å². The predicted octanol–water partition coefficient (Wildman–Crippen LogP) is 4.21. The van der Waals surface area contributed by atoms with Gasteiger partial charge in [-0.2, -0.15) is 0 Å². The van der Waals surface area contributed by atoms with E-state index in [1.807, 2.05) is 74.5 Å². The van der Waals surface area contributed by atoms with Gasteiger partial charge in [0, 0.05) is 5.69 Å². The Kier molecular flexibility index (Phi) is 5.31. The number of hydrogen-bond donors (Lipinski definition) is 2. The lowest BCUT2D eigenvalue weighted by Crippen LogP contribution is -2.32. The van der Waals surface area contributed by atoms with Crippen LogP contribution in [0.1, 0.15) is 28.5 Å². The van der Waals surface area contributed by atoms with Gasteiger partial charge < -0.3 is 9.73 Å². The maximum absolute atomic E-state index is 12.4. The average Bonchev–Trinajstić information content (AvgIpc) is 3.14. The van der Waals surface area contributed by atoms with Crippen molar-refractivity contribution in [2.24, 2.45) is 0 Å². The smallest absolute Gasteiger partial charge is 0.238 e. The lowest BCUT2D eigenvalue weighted by Gasteiger charge is -2.18. The van der Waals surface area contributed by atoms with Crippen LogP contribution in [0.25, 0.3) is 0 Å². The number of para-hydroxylation sites is 1. The highest BCUT2D eigenvalue weighted by Gasteiger charge is 2.17. The number of carbonyl (C=O) groups excluding carboxylic acids is 1. The zero-order chi connectivity index (χ0) is 17.6. The maximum Gasteiger partial charge on any atom is 0.238 e. The second-order valence-electron chi connectivity index (χ2n) is 6.06. The molecule has 25 heavy (non-hydrogen) atoms. The fraction of sp³-hybridized carbons (Fsp3) is 0.190. The molecule has 0 aliphatic heterocycles. The van der Waals surface area contributed by atoms with Crippen LogP contribution < -0.4 is 10.6 Å². The van der Waals surface area contributed by atoms with Crippen molar-refractivity contribution in [3.63, 3.8) is 0 Å². The summed E-state index contributed by atoms with van der Waals surface area (Å²) >= 11 is 0. The van der Waals surface area contributed by atoms with Crippen LogP contribution in [0.5, 0.6) is 0 Å². The van der Waals surface area contributed by atoms with Crippen LogP contribution in [-0.2, 0) is 4.79 Å². The molecule has 0 radical (unpaired) electrons. The Balaban J connectivity index is 1.70. The molecule has 2 N–H and O–H groups in total. The van der Waals surface area contributed by atoms with Gasteiger partial charge in [0.25, 0.3) is 0 Å². The summed E-state index contributed by atoms with van der Waals surface area (Å²) in [7, 11) is 0. The van der Waals surface area contributed by atoms with Crippen LogP contribution in [0.3, 0.4) is 0 Å². The minimum absolute atomic E-state index is 0.0788. The van der Waals surface area contributed by atoms with E-state index in [0.29, 0.717) is 0 Å². The number of hydrogen-bond acceptors (Lipinski definition) is 3. The zero-order valence-electron chi connectivity index (χ0n) is 14.5. The summed E-state index contributed by atoms with van der Waals surface area (Å²) in [6.07, 6.45) is 1.64. The first kappa shape index (κ1) is 17.0. The molecule has 0 fully saturated rings. The van der Waals surface area contributed by atoms with Crippen LogP contribution in [0.15, 0.2) is 71.3 Å². The molecule has 4 nitrogen and oxygen atoms in total. The van der Waals surface area contributed by atoms with E-state index in [2.05, 4.69) is 10.6 Å². The molecular weight excluding hydrogens is 312 g/mol. The number of aryl methyl sites for hydroxylation is 2. The molecule has 0 spiro atoms. The van der Waals surface area contributed by atoms with E-state index in [1.165, 1.54) is 0 Å². The Bertz CT molecular complexity index is 806. The number of furan rings is 1. The summed E-state index contributed by atoms with van der Waals surface area (Å²) in [4.78, 5) is 12.4. The highest BCUT2D eigenvalue weighted by Crippen LogP contribution is 2.22. The lowest BCUT2D eigenvalue weighted by molar-refractivity contribution is -0.115. The molecule has 1 amide bonds. The Morgan fingerprint density at radius 3 is 2.32 bits per heavy atom. The van der Waals surface area contributed by atoms with Crippen LogP contribution in [0, 0.1) is 13.8 Å². The third-order valence-corrected chi connectivity index (χ3v) is 4.17. The average molecular weight is 334 g/mol. The van der Waals surface area contributed by atoms with Gasteiger partial charge in [-0.1, -0.05) is 48.5 Å². The first-order valence-electron chi connectivity index (χ1n) is 8.33. The normalized spacial score (nSPS) is 11.9. The molecule has 0 bridgehead atoms. The fourth-order valence-corrected chi connectivity index (χ4v) is 2.87. The molecule has 1 atom stereocenters. The maximum atomic E-state index is 12.4. The molecular formula is C21H22N2O2. The first-order valence-corrected chi connectivity index (χ1v) is 8.33. The molecule has 0 aliphatic carbocycles. The van der Waals surface area contributed by atoms with E-state index >= 15 is 0 Å². The first-order chi connectivity index (χ1) is 12.1. The third kappa shape index (κ3) is 4.17. The van der Waals surface area contributed by atoms with Crippen LogP contribution >= 0.6 is 0 Å². The number of nitrogens with one attached hydrogen (secondary N) is 2. The van der Waals surface area contributed by atoms with Gasteiger partial charge in [-0.05, 0) is 42.7 Å². The lowest BCUT2D eigenvalue weighted by atomic mass is 10.0. The van der Waals surface area contributed by atoms with Crippen LogP contribution in [0.2, 0.25) is 0 Å². The van der Waals surface area contributed by atoms with Gasteiger partial charge >= 0.3 is 0 Å². The SMILES string of the molecule is Cc1cccc(C)c1NC(=O)CN[C@@H](c1ccccc1)c1ccco1. The molecule has 1 heterocycles. The summed E-state index contributed by atoms with van der Waals surface area (Å²) in [6, 6.07) is 19.5. The largest absolute Gasteiger partial charge is 0.467 e. The van der Waals surface area contributed by atoms with E-state index in [0.717, 1.165) is 28.1 Å². The zero-order valence-corrected chi connectivity index (χ0v) is 14.5. The molecule has 0 saturated carbocycles. The second-order valence-corrected chi connectivity index (χ2v) is 6.06. The summed E-state index contributed by atoms with van der Waals surface area (Å²) in [5.41, 5.74) is 4.04. The molecule has 3 aromatic rings. The van der Waals surface area contributed by atoms with Crippen molar-refractivity contribution in [2.45, 2.75) is 19.9 Å². The molecule has 2 aromatic carbocycles. The highest BCUT2D eigenvalue weighted by molar-refractivity contribution is 5.93. The van der Waals surface area contributed by atoms with E-state index in [-0.39, 0.29) is 18.5 Å². The number of amides is 1. The molecule has 0 saturated heterocycles. The van der Waals surface area contributed by atoms with Gasteiger partial charge in [-0.15, -0.1) is 0 Å². The van der Waals surface area contributed by atoms with E-state index in [1.54, 1.807) is 6.26 Å². The fourth-order valence-electron chi connectivity index (χ4n) is 2.87. The molecule has 0 aliphatic rings. The highest BCUT2D eigenvalue weighted by atomic mass is 16.3. The monoisotopic (exact) mass is 334 g/mol. The number of carbonyl (C=O) groups is 1. The third-order valence-electron chi connectivity index (χ3n) is 4.17. The topological polar surface area (TPSA) is 54.3 Å². The summed E-state index contributed by atoms with van der Waals surface area (Å²) in [5.74, 6) is 0.705. The van der Waals surface area contributed by atoms with Gasteiger partial charge in [-0.3, -0.25) is 10.1 Å². The van der Waals surface area contributed by atoms with Crippen LogP contribution in [-0.4, -0.2) is 12.5 Å². The summed E-state index contributed by atoms with van der Waals surface area (Å²) in [6.45, 7) is 4.17. The molecule has 1 aromatic heterocycles. The predicted molar refractivity (Wildman–Crippen MR) is 99.5 cm³/mol. The number of anilines is 1. The van der Waals surface area contributed by atoms with E-state index < -0.39 is 0 Å². The van der Waals surface area contributed by atoms with Crippen LogP contribution in [0.4, 0.5) is 5.69 Å². The van der Waals surface area contributed by atoms with Crippen molar-refractivity contribution >= 4 is 11.6 Å². The van der Waals surface area contributed by atoms with Crippen molar-refractivity contribution in [3.8, 4) is 0 Å². The summed E-state index contributed by atoms with van der Waals surface area (Å²) < 4.78 is 5.54. The van der Waals surface area contributed by atoms with Crippen molar-refractivity contribution in [3.05, 3.63) is 89.4 Å². The van der Waals surface area contributed by atoms with Gasteiger partial charge in [0.05, 0.1) is 18.8 Å². The second kappa shape index (κ2) is 7.81. The minimum Gasteiger partial charge on any atom is -0.467 e. The molecule has 3 rings (SSSR count). The minimum atomic E-state index is -0.167. The van der Waals surface area contributed by atoms with Crippen molar-refractivity contribution in [1.82, 2.24) is 5.32 Å². The van der Waals surface area contributed by atoms with Crippen molar-refractivity contribution < 1.29 is 9.21 Å². The standard InChI is InChI=1S/C21H22N2O2/c1-15-8-6-9-16(2)20(15)23-19(24)14-22-21(18-12-7-13-25-18)17-10-4-3-5-11-17/h3-13,21-22H,14H2,1-2H3,(H,23,24)/t21-/m0/s1. The van der Waals surface area contributed by atoms with Gasteiger partial charge in [0.15, 0.2) is 0 Å². The molecule has 0 unspecified atom stereocenters. The number of benzene rings is 2. The molecule has 128 valence electrons.